The van der Waals surface area contributed by atoms with Gasteiger partial charge in [-0.3, -0.25) is 4.79 Å². The first-order chi connectivity index (χ1) is 9.63. The van der Waals surface area contributed by atoms with Gasteiger partial charge in [-0.1, -0.05) is 42.5 Å². The van der Waals surface area contributed by atoms with Crippen molar-refractivity contribution < 1.29 is 4.79 Å². The maximum Gasteiger partial charge on any atom is 0.231 e. The number of benzene rings is 2. The molecule has 0 saturated carbocycles. The minimum absolute atomic E-state index is 0.0696. The molecule has 2 aromatic rings. The van der Waals surface area contributed by atoms with Crippen LogP contribution in [0.4, 0.5) is 5.69 Å². The number of aryl methyl sites for hydroxylation is 1. The molecular formula is C17H20N2O. The molecule has 2 rings (SSSR count). The Morgan fingerprint density at radius 3 is 2.30 bits per heavy atom. The molecule has 2 N–H and O–H groups in total. The van der Waals surface area contributed by atoms with E-state index < -0.39 is 0 Å². The number of likely N-dealkylation sites (N-methyl/N-ethyl adjacent to an activating group) is 1. The summed E-state index contributed by atoms with van der Waals surface area (Å²) in [5.74, 6) is 0.0696. The summed E-state index contributed by atoms with van der Waals surface area (Å²) >= 11 is 0. The average molecular weight is 268 g/mol. The lowest BCUT2D eigenvalue weighted by Crippen LogP contribution is -2.28. The molecule has 0 unspecified atom stereocenters. The molecule has 0 aromatic heterocycles. The Balaban J connectivity index is 2.18. The summed E-state index contributed by atoms with van der Waals surface area (Å²) in [6.07, 6.45) is 0.373. The molecule has 104 valence electrons. The van der Waals surface area contributed by atoms with Gasteiger partial charge in [-0.2, -0.15) is 0 Å². The molecule has 0 bridgehead atoms. The summed E-state index contributed by atoms with van der Waals surface area (Å²) in [5.41, 5.74) is 9.78. The zero-order chi connectivity index (χ0) is 14.5. The van der Waals surface area contributed by atoms with Crippen molar-refractivity contribution in [1.82, 2.24) is 0 Å². The second kappa shape index (κ2) is 6.35. The van der Waals surface area contributed by atoms with Crippen molar-refractivity contribution in [3.05, 3.63) is 65.2 Å². The summed E-state index contributed by atoms with van der Waals surface area (Å²) in [4.78, 5) is 14.1. The van der Waals surface area contributed by atoms with Crippen LogP contribution in [0, 0.1) is 6.92 Å². The van der Waals surface area contributed by atoms with Crippen LogP contribution in [0.15, 0.2) is 48.5 Å². The number of carbonyl (C=O) groups excluding carboxylic acids is 1. The number of anilines is 1. The molecular weight excluding hydrogens is 248 g/mol. The Kier molecular flexibility index (Phi) is 4.53. The van der Waals surface area contributed by atoms with Gasteiger partial charge >= 0.3 is 0 Å². The lowest BCUT2D eigenvalue weighted by Gasteiger charge is -2.20. The van der Waals surface area contributed by atoms with Crippen molar-refractivity contribution in [1.29, 1.82) is 0 Å². The highest BCUT2D eigenvalue weighted by Crippen LogP contribution is 2.19. The first-order valence-corrected chi connectivity index (χ1v) is 6.72. The molecule has 0 fully saturated rings. The summed E-state index contributed by atoms with van der Waals surface area (Å²) in [6.45, 7) is 2.46. The second-order valence-corrected chi connectivity index (χ2v) is 4.89. The summed E-state index contributed by atoms with van der Waals surface area (Å²) in [5, 5.41) is 0. The third-order valence-electron chi connectivity index (χ3n) is 3.53. The SMILES string of the molecule is Cc1ccccc1N(C)C(=O)Cc1ccccc1CN. The largest absolute Gasteiger partial charge is 0.326 e. The molecule has 3 heteroatoms. The highest BCUT2D eigenvalue weighted by molar-refractivity contribution is 5.95. The van der Waals surface area contributed by atoms with Gasteiger partial charge in [0.05, 0.1) is 6.42 Å². The Morgan fingerprint density at radius 1 is 1.05 bits per heavy atom. The third-order valence-corrected chi connectivity index (χ3v) is 3.53. The van der Waals surface area contributed by atoms with Gasteiger partial charge in [0.15, 0.2) is 0 Å². The molecule has 0 aliphatic carbocycles. The molecule has 1 amide bonds. The molecule has 0 spiro atoms. The number of rotatable bonds is 4. The monoisotopic (exact) mass is 268 g/mol. The van der Waals surface area contributed by atoms with Gasteiger partial charge in [0.2, 0.25) is 5.91 Å². The van der Waals surface area contributed by atoms with E-state index in [1.807, 2.05) is 62.5 Å². The minimum atomic E-state index is 0.0696. The standard InChI is InChI=1S/C17H20N2O/c1-13-7-3-6-10-16(13)19(2)17(20)11-14-8-4-5-9-15(14)12-18/h3-10H,11-12,18H2,1-2H3. The molecule has 2 aromatic carbocycles. The van der Waals surface area contributed by atoms with Crippen molar-refractivity contribution in [3.63, 3.8) is 0 Å². The van der Waals surface area contributed by atoms with Crippen LogP contribution in [0.25, 0.3) is 0 Å². The summed E-state index contributed by atoms with van der Waals surface area (Å²) in [7, 11) is 1.82. The van der Waals surface area contributed by atoms with E-state index in [-0.39, 0.29) is 5.91 Å². The van der Waals surface area contributed by atoms with Crippen molar-refractivity contribution in [3.8, 4) is 0 Å². The zero-order valence-electron chi connectivity index (χ0n) is 12.0. The Labute approximate surface area is 120 Å². The Hall–Kier alpha value is -2.13. The number of hydrogen-bond acceptors (Lipinski definition) is 2. The number of nitrogens with zero attached hydrogens (tertiary/aromatic N) is 1. The molecule has 3 nitrogen and oxygen atoms in total. The number of carbonyl (C=O) groups is 1. The molecule has 0 aliphatic rings. The predicted molar refractivity (Wildman–Crippen MR) is 82.6 cm³/mol. The van der Waals surface area contributed by atoms with Crippen LogP contribution in [0.3, 0.4) is 0 Å². The molecule has 0 aliphatic heterocycles. The average Bonchev–Trinajstić information content (AvgIpc) is 2.47. The van der Waals surface area contributed by atoms with Gasteiger partial charge in [-0.25, -0.2) is 0 Å². The van der Waals surface area contributed by atoms with Crippen molar-refractivity contribution in [2.24, 2.45) is 5.73 Å². The highest BCUT2D eigenvalue weighted by Gasteiger charge is 2.14. The van der Waals surface area contributed by atoms with Crippen LogP contribution in [0.5, 0.6) is 0 Å². The van der Waals surface area contributed by atoms with Gasteiger partial charge in [0.25, 0.3) is 0 Å². The van der Waals surface area contributed by atoms with Crippen molar-refractivity contribution >= 4 is 11.6 Å². The fourth-order valence-electron chi connectivity index (χ4n) is 2.28. The lowest BCUT2D eigenvalue weighted by molar-refractivity contribution is -0.117. The van der Waals surface area contributed by atoms with E-state index >= 15 is 0 Å². The van der Waals surface area contributed by atoms with Gasteiger partial charge in [0.1, 0.15) is 0 Å². The first-order valence-electron chi connectivity index (χ1n) is 6.72. The molecule has 0 heterocycles. The molecule has 0 radical (unpaired) electrons. The van der Waals surface area contributed by atoms with Gasteiger partial charge in [0, 0.05) is 19.3 Å². The van der Waals surface area contributed by atoms with Crippen LogP contribution < -0.4 is 10.6 Å². The Morgan fingerprint density at radius 2 is 1.65 bits per heavy atom. The van der Waals surface area contributed by atoms with Gasteiger partial charge in [-0.05, 0) is 29.7 Å². The predicted octanol–water partition coefficient (Wildman–Crippen LogP) is 2.66. The highest BCUT2D eigenvalue weighted by atomic mass is 16.2. The van der Waals surface area contributed by atoms with E-state index in [1.165, 1.54) is 0 Å². The van der Waals surface area contributed by atoms with E-state index in [2.05, 4.69) is 0 Å². The van der Waals surface area contributed by atoms with Crippen LogP contribution in [0.2, 0.25) is 0 Å². The van der Waals surface area contributed by atoms with E-state index in [0.29, 0.717) is 13.0 Å². The normalized spacial score (nSPS) is 10.3. The first kappa shape index (κ1) is 14.3. The van der Waals surface area contributed by atoms with Gasteiger partial charge < -0.3 is 10.6 Å². The van der Waals surface area contributed by atoms with E-state index in [1.54, 1.807) is 4.90 Å². The number of hydrogen-bond donors (Lipinski definition) is 1. The van der Waals surface area contributed by atoms with Crippen LogP contribution in [0.1, 0.15) is 16.7 Å². The second-order valence-electron chi connectivity index (χ2n) is 4.89. The number of para-hydroxylation sites is 1. The summed E-state index contributed by atoms with van der Waals surface area (Å²) in [6, 6.07) is 15.7. The van der Waals surface area contributed by atoms with E-state index in [4.69, 9.17) is 5.73 Å². The van der Waals surface area contributed by atoms with Crippen molar-refractivity contribution in [2.75, 3.05) is 11.9 Å². The fourth-order valence-corrected chi connectivity index (χ4v) is 2.28. The minimum Gasteiger partial charge on any atom is -0.326 e. The summed E-state index contributed by atoms with van der Waals surface area (Å²) < 4.78 is 0. The zero-order valence-corrected chi connectivity index (χ0v) is 12.0. The molecule has 0 saturated heterocycles. The third kappa shape index (κ3) is 3.06. The maximum atomic E-state index is 12.4. The van der Waals surface area contributed by atoms with Crippen LogP contribution in [-0.2, 0) is 17.8 Å². The van der Waals surface area contributed by atoms with E-state index in [9.17, 15) is 4.79 Å². The van der Waals surface area contributed by atoms with Gasteiger partial charge in [-0.15, -0.1) is 0 Å². The lowest BCUT2D eigenvalue weighted by atomic mass is 10.0. The fraction of sp³-hybridized carbons (Fsp3) is 0.235. The molecule has 20 heavy (non-hydrogen) atoms. The quantitative estimate of drug-likeness (QED) is 0.926. The van der Waals surface area contributed by atoms with Crippen LogP contribution in [-0.4, -0.2) is 13.0 Å². The maximum absolute atomic E-state index is 12.4. The smallest absolute Gasteiger partial charge is 0.231 e. The molecule has 0 atom stereocenters. The van der Waals surface area contributed by atoms with E-state index in [0.717, 1.165) is 22.4 Å². The van der Waals surface area contributed by atoms with Crippen LogP contribution >= 0.6 is 0 Å². The number of amides is 1. The Bertz CT molecular complexity index is 607. The van der Waals surface area contributed by atoms with Crippen molar-refractivity contribution in [2.45, 2.75) is 19.9 Å². The topological polar surface area (TPSA) is 46.3 Å². The number of nitrogens with two attached hydrogens (primary N) is 1.